The molecule has 2 N–H and O–H groups in total. The summed E-state index contributed by atoms with van der Waals surface area (Å²) in [6, 6.07) is 0. The minimum atomic E-state index is -0.390. The molecule has 0 fully saturated rings. The number of allylic oxidation sites excluding steroid dienone is 1. The summed E-state index contributed by atoms with van der Waals surface area (Å²) in [6.07, 6.45) is 1.88. The second kappa shape index (κ2) is 4.39. The van der Waals surface area contributed by atoms with Crippen molar-refractivity contribution in [3.8, 4) is 0 Å². The van der Waals surface area contributed by atoms with Gasteiger partial charge in [0.05, 0.1) is 0 Å². The Kier molecular flexibility index (Phi) is 4.73. The van der Waals surface area contributed by atoms with Crippen LogP contribution in [0, 0.1) is 0 Å². The predicted octanol–water partition coefficient (Wildman–Crippen LogP) is 0.547. The molecule has 0 bridgehead atoms. The number of hydrogen-bond acceptors (Lipinski definition) is 1. The monoisotopic (exact) mass is 241 g/mol. The van der Waals surface area contributed by atoms with Gasteiger partial charge in [-0.15, -0.1) is 0 Å². The van der Waals surface area contributed by atoms with Crippen LogP contribution in [0.1, 0.15) is 0 Å². The molecule has 1 nitrogen and oxygen atoms in total. The van der Waals surface area contributed by atoms with Gasteiger partial charge in [0, 0.05) is 0 Å². The molecule has 0 aliphatic heterocycles. The summed E-state index contributed by atoms with van der Waals surface area (Å²) in [5.41, 5.74) is 0. The molecule has 0 spiro atoms. The summed E-state index contributed by atoms with van der Waals surface area (Å²) >= 11 is -0.390. The van der Waals surface area contributed by atoms with E-state index in [1.54, 1.807) is 0 Å². The van der Waals surface area contributed by atoms with Crippen molar-refractivity contribution in [3.05, 3.63) is 12.7 Å². The Morgan fingerprint density at radius 2 is 2.60 bits per heavy atom. The summed E-state index contributed by atoms with van der Waals surface area (Å²) in [5.74, 6) is 0. The average Bonchev–Trinajstić information content (AvgIpc) is 1.41. The molecule has 0 amide bonds. The van der Waals surface area contributed by atoms with Crippen LogP contribution in [0.4, 0.5) is 0 Å². The number of rotatable bonds is 2. The fraction of sp³-hybridized carbons (Fsp3) is 0.333. The van der Waals surface area contributed by atoms with Gasteiger partial charge in [-0.25, -0.2) is 0 Å². The van der Waals surface area contributed by atoms with Gasteiger partial charge < -0.3 is 0 Å². The van der Waals surface area contributed by atoms with E-state index in [-0.39, 0.29) is 0 Å². The molecule has 0 unspecified atom stereocenters. The van der Waals surface area contributed by atoms with Gasteiger partial charge in [0.1, 0.15) is 0 Å². The zero-order valence-electron chi connectivity index (χ0n) is 2.98. The van der Waals surface area contributed by atoms with Gasteiger partial charge in [-0.05, 0) is 0 Å². The van der Waals surface area contributed by atoms with E-state index in [1.807, 2.05) is 6.08 Å². The topological polar surface area (TPSA) is 26.0 Å². The fourth-order valence-electron chi connectivity index (χ4n) is 0.0680. The van der Waals surface area contributed by atoms with Crippen LogP contribution in [0.25, 0.3) is 0 Å². The Balaban J connectivity index is 2.40. The van der Waals surface area contributed by atoms with Gasteiger partial charge in [0.15, 0.2) is 0 Å². The molecule has 0 aliphatic rings. The Bertz CT molecular complexity index is 28.1. The van der Waals surface area contributed by atoms with E-state index in [0.717, 1.165) is 4.81 Å². The maximum absolute atomic E-state index is 5.23. The van der Waals surface area contributed by atoms with Crippen molar-refractivity contribution in [2.75, 3.05) is 0 Å². The van der Waals surface area contributed by atoms with Crippen molar-refractivity contribution in [1.29, 1.82) is 0 Å². The zero-order chi connectivity index (χ0) is 4.12. The van der Waals surface area contributed by atoms with Gasteiger partial charge in [-0.2, -0.15) is 0 Å². The first-order chi connectivity index (χ1) is 2.41. The average molecular weight is 241 g/mol. The van der Waals surface area contributed by atoms with Crippen LogP contribution in [0.2, 0.25) is 4.81 Å². The number of nitrogens with two attached hydrogens (primary N) is 1. The number of hydrogen-bond donors (Lipinski definition) is 1. The van der Waals surface area contributed by atoms with Crippen LogP contribution in [0.3, 0.4) is 0 Å². The molecule has 0 saturated carbocycles. The van der Waals surface area contributed by atoms with Crippen LogP contribution < -0.4 is 4.29 Å². The third-order valence-electron chi connectivity index (χ3n) is 0.214. The molecule has 0 aromatic carbocycles. The first kappa shape index (κ1) is 5.39. The van der Waals surface area contributed by atoms with Crippen molar-refractivity contribution in [3.63, 3.8) is 0 Å². The van der Waals surface area contributed by atoms with E-state index in [2.05, 4.69) is 6.58 Å². The zero-order valence-corrected chi connectivity index (χ0v) is 5.91. The van der Waals surface area contributed by atoms with Crippen molar-refractivity contribution < 1.29 is 18.8 Å². The first-order valence-electron chi connectivity index (χ1n) is 1.34. The van der Waals surface area contributed by atoms with Crippen molar-refractivity contribution >= 4 is 0 Å². The fourth-order valence-corrected chi connectivity index (χ4v) is 0.557. The second-order valence-corrected chi connectivity index (χ2v) is 3.02. The standard InChI is InChI=1S/C3H5.H2N.W/c1-3-2;;/h3H,1-2H2;1H2;/q;-1;+1. The van der Waals surface area contributed by atoms with E-state index in [4.69, 9.17) is 4.29 Å². The molecular weight excluding hydrogens is 234 g/mol. The van der Waals surface area contributed by atoms with Gasteiger partial charge in [0.25, 0.3) is 0 Å². The van der Waals surface area contributed by atoms with Crippen molar-refractivity contribution in [1.82, 2.24) is 0 Å². The molecule has 0 atom stereocenters. The predicted molar refractivity (Wildman–Crippen MR) is 19.2 cm³/mol. The molecule has 0 aliphatic carbocycles. The SMILES string of the molecule is C=C[CH2][W][NH2]. The molecular formula is C3H7NW. The van der Waals surface area contributed by atoms with Gasteiger partial charge in [-0.3, -0.25) is 0 Å². The van der Waals surface area contributed by atoms with Crippen LogP contribution in [-0.2, 0) is 18.8 Å². The summed E-state index contributed by atoms with van der Waals surface area (Å²) in [4.78, 5) is 1.10. The van der Waals surface area contributed by atoms with E-state index >= 15 is 0 Å². The van der Waals surface area contributed by atoms with E-state index < -0.39 is 18.8 Å². The van der Waals surface area contributed by atoms with Gasteiger partial charge in [0.2, 0.25) is 0 Å². The quantitative estimate of drug-likeness (QED) is 0.702. The van der Waals surface area contributed by atoms with Gasteiger partial charge in [-0.1, -0.05) is 0 Å². The second-order valence-electron chi connectivity index (χ2n) is 0.622. The summed E-state index contributed by atoms with van der Waals surface area (Å²) < 4.78 is 5.23. The molecule has 2 heteroatoms. The van der Waals surface area contributed by atoms with Crippen LogP contribution >= 0.6 is 0 Å². The van der Waals surface area contributed by atoms with Gasteiger partial charge >= 0.3 is 40.6 Å². The molecule has 30 valence electrons. The Morgan fingerprint density at radius 3 is 2.60 bits per heavy atom. The Hall–Kier alpha value is 0.388. The first-order valence-corrected chi connectivity index (χ1v) is 5.11. The summed E-state index contributed by atoms with van der Waals surface area (Å²) in [6.45, 7) is 3.51. The molecule has 5 heavy (non-hydrogen) atoms. The van der Waals surface area contributed by atoms with Crippen molar-refractivity contribution in [2.45, 2.75) is 4.81 Å². The molecule has 0 aromatic heterocycles. The normalized spacial score (nSPS) is 7.40. The van der Waals surface area contributed by atoms with Crippen LogP contribution in [0.5, 0.6) is 0 Å². The summed E-state index contributed by atoms with van der Waals surface area (Å²) in [5, 5.41) is 0. The molecule has 0 aromatic rings. The maximum atomic E-state index is 5.23. The van der Waals surface area contributed by atoms with E-state index in [1.165, 1.54) is 0 Å². The van der Waals surface area contributed by atoms with Crippen LogP contribution in [0.15, 0.2) is 12.7 Å². The van der Waals surface area contributed by atoms with Crippen molar-refractivity contribution in [2.24, 2.45) is 4.29 Å². The van der Waals surface area contributed by atoms with Crippen LogP contribution in [-0.4, -0.2) is 0 Å². The Labute approximate surface area is 41.1 Å². The molecule has 0 radical (unpaired) electrons. The molecule has 0 heterocycles. The summed E-state index contributed by atoms with van der Waals surface area (Å²) in [7, 11) is 0. The molecule has 0 saturated heterocycles. The third-order valence-corrected chi connectivity index (χ3v) is 1.75. The Morgan fingerprint density at radius 1 is 2.00 bits per heavy atom. The van der Waals surface area contributed by atoms with E-state index in [0.29, 0.717) is 0 Å². The minimum absolute atomic E-state index is 0.390. The molecule has 0 rings (SSSR count). The third kappa shape index (κ3) is 4.39. The van der Waals surface area contributed by atoms with E-state index in [9.17, 15) is 0 Å².